The van der Waals surface area contributed by atoms with Crippen molar-refractivity contribution in [3.63, 3.8) is 0 Å². The molecule has 2 nitrogen and oxygen atoms in total. The molecule has 0 aromatic heterocycles. The fourth-order valence-electron chi connectivity index (χ4n) is 1.14. The van der Waals surface area contributed by atoms with E-state index in [-0.39, 0.29) is 0 Å². The second kappa shape index (κ2) is 6.70. The zero-order valence-electron chi connectivity index (χ0n) is 9.52. The van der Waals surface area contributed by atoms with E-state index in [9.17, 15) is 0 Å². The molecule has 0 aliphatic rings. The molecule has 0 heterocycles. The van der Waals surface area contributed by atoms with Gasteiger partial charge in [0.2, 0.25) is 0 Å². The summed E-state index contributed by atoms with van der Waals surface area (Å²) in [6, 6.07) is 0.547. The van der Waals surface area contributed by atoms with E-state index < -0.39 is 0 Å². The molecule has 0 rings (SSSR count). The third-order valence-corrected chi connectivity index (χ3v) is 1.92. The Morgan fingerprint density at radius 3 is 2.46 bits per heavy atom. The molecule has 0 saturated heterocycles. The maximum atomic E-state index is 4.30. The fourth-order valence-corrected chi connectivity index (χ4v) is 1.14. The van der Waals surface area contributed by atoms with Crippen molar-refractivity contribution in [1.82, 2.24) is 5.32 Å². The molecule has 0 amide bonds. The molecular weight excluding hydrogens is 160 g/mol. The molecule has 1 N–H and O–H groups in total. The van der Waals surface area contributed by atoms with E-state index in [2.05, 4.69) is 44.1 Å². The average molecular weight is 182 g/mol. The minimum absolute atomic E-state index is 0.547. The average Bonchev–Trinajstić information content (AvgIpc) is 2.04. The highest BCUT2D eigenvalue weighted by atomic mass is 14.9. The fraction of sp³-hybridized carbons (Fsp3) is 0.727. The molecule has 1 atom stereocenters. The SMILES string of the molecule is CCN=C(C)C=C(C)NC(C)CC. The van der Waals surface area contributed by atoms with E-state index in [0.29, 0.717) is 6.04 Å². The van der Waals surface area contributed by atoms with Gasteiger partial charge in [-0.3, -0.25) is 4.99 Å². The predicted molar refractivity (Wildman–Crippen MR) is 60.3 cm³/mol. The van der Waals surface area contributed by atoms with Gasteiger partial charge >= 0.3 is 0 Å². The smallest absolute Gasteiger partial charge is 0.0364 e. The molecule has 0 fully saturated rings. The number of nitrogens with zero attached hydrogens (tertiary/aromatic N) is 1. The highest BCUT2D eigenvalue weighted by molar-refractivity contribution is 5.93. The van der Waals surface area contributed by atoms with Gasteiger partial charge in [0.15, 0.2) is 0 Å². The molecule has 0 aromatic carbocycles. The van der Waals surface area contributed by atoms with Crippen molar-refractivity contribution in [1.29, 1.82) is 0 Å². The summed E-state index contributed by atoms with van der Waals surface area (Å²) >= 11 is 0. The highest BCUT2D eigenvalue weighted by Gasteiger charge is 1.96. The Hall–Kier alpha value is -0.790. The van der Waals surface area contributed by atoms with Crippen LogP contribution >= 0.6 is 0 Å². The summed E-state index contributed by atoms with van der Waals surface area (Å²) in [4.78, 5) is 4.30. The molecule has 0 aliphatic heterocycles. The van der Waals surface area contributed by atoms with Crippen molar-refractivity contribution < 1.29 is 0 Å². The van der Waals surface area contributed by atoms with E-state index in [4.69, 9.17) is 0 Å². The second-order valence-corrected chi connectivity index (χ2v) is 3.40. The predicted octanol–water partition coefficient (Wildman–Crippen LogP) is 2.76. The Bertz CT molecular complexity index is 192. The van der Waals surface area contributed by atoms with E-state index in [1.54, 1.807) is 0 Å². The third kappa shape index (κ3) is 6.38. The molecule has 13 heavy (non-hydrogen) atoms. The Morgan fingerprint density at radius 2 is 2.00 bits per heavy atom. The summed E-state index contributed by atoms with van der Waals surface area (Å²) in [7, 11) is 0. The van der Waals surface area contributed by atoms with Crippen LogP contribution in [-0.4, -0.2) is 18.3 Å². The lowest BCUT2D eigenvalue weighted by atomic mass is 10.2. The van der Waals surface area contributed by atoms with Crippen LogP contribution in [0.25, 0.3) is 0 Å². The van der Waals surface area contributed by atoms with Crippen molar-refractivity contribution in [3.8, 4) is 0 Å². The Morgan fingerprint density at radius 1 is 1.38 bits per heavy atom. The van der Waals surface area contributed by atoms with Gasteiger partial charge in [0, 0.05) is 24.0 Å². The lowest BCUT2D eigenvalue weighted by Crippen LogP contribution is -2.23. The molecule has 0 aromatic rings. The second-order valence-electron chi connectivity index (χ2n) is 3.40. The van der Waals surface area contributed by atoms with Gasteiger partial charge in [-0.05, 0) is 40.2 Å². The number of aliphatic imine (C=N–C) groups is 1. The van der Waals surface area contributed by atoms with Crippen LogP contribution in [0.4, 0.5) is 0 Å². The lowest BCUT2D eigenvalue weighted by Gasteiger charge is -2.12. The standard InChI is InChI=1S/C11H22N2/c1-6-9(3)13-11(5)8-10(4)12-7-2/h8-9,13H,6-7H2,1-5H3. The van der Waals surface area contributed by atoms with Crippen molar-refractivity contribution in [2.45, 2.75) is 47.1 Å². The van der Waals surface area contributed by atoms with E-state index >= 15 is 0 Å². The van der Waals surface area contributed by atoms with Gasteiger partial charge in [0.05, 0.1) is 0 Å². The summed E-state index contributed by atoms with van der Waals surface area (Å²) in [6.07, 6.45) is 3.24. The van der Waals surface area contributed by atoms with Gasteiger partial charge in [-0.2, -0.15) is 0 Å². The zero-order chi connectivity index (χ0) is 10.3. The molecular formula is C11H22N2. The van der Waals surface area contributed by atoms with Gasteiger partial charge in [0.25, 0.3) is 0 Å². The van der Waals surface area contributed by atoms with Gasteiger partial charge in [-0.1, -0.05) is 6.92 Å². The molecule has 0 saturated carbocycles. The van der Waals surface area contributed by atoms with Crippen LogP contribution in [0.3, 0.4) is 0 Å². The van der Waals surface area contributed by atoms with Crippen LogP contribution in [0, 0.1) is 0 Å². The number of nitrogens with one attached hydrogen (secondary N) is 1. The molecule has 2 heteroatoms. The minimum Gasteiger partial charge on any atom is -0.386 e. The highest BCUT2D eigenvalue weighted by Crippen LogP contribution is 1.95. The summed E-state index contributed by atoms with van der Waals surface area (Å²) in [5, 5.41) is 3.40. The first-order valence-corrected chi connectivity index (χ1v) is 5.06. The molecule has 0 aliphatic carbocycles. The maximum Gasteiger partial charge on any atom is 0.0364 e. The van der Waals surface area contributed by atoms with Crippen LogP contribution in [0.5, 0.6) is 0 Å². The number of hydrogen-bond acceptors (Lipinski definition) is 2. The van der Waals surface area contributed by atoms with Gasteiger partial charge < -0.3 is 5.32 Å². The summed E-state index contributed by atoms with van der Waals surface area (Å²) < 4.78 is 0. The Kier molecular flexibility index (Phi) is 6.29. The summed E-state index contributed by atoms with van der Waals surface area (Å²) in [5.74, 6) is 0. The van der Waals surface area contributed by atoms with Gasteiger partial charge in [0.1, 0.15) is 0 Å². The van der Waals surface area contributed by atoms with E-state index in [1.165, 1.54) is 5.70 Å². The zero-order valence-corrected chi connectivity index (χ0v) is 9.52. The Labute approximate surface area is 82.1 Å². The monoisotopic (exact) mass is 182 g/mol. The minimum atomic E-state index is 0.547. The quantitative estimate of drug-likeness (QED) is 0.650. The first-order valence-electron chi connectivity index (χ1n) is 5.06. The third-order valence-electron chi connectivity index (χ3n) is 1.92. The molecule has 0 radical (unpaired) electrons. The molecule has 0 spiro atoms. The normalized spacial score (nSPS) is 15.8. The van der Waals surface area contributed by atoms with Crippen molar-refractivity contribution in [2.75, 3.05) is 6.54 Å². The first-order chi connectivity index (χ1) is 6.10. The van der Waals surface area contributed by atoms with Crippen LogP contribution in [0.15, 0.2) is 16.8 Å². The maximum absolute atomic E-state index is 4.30. The van der Waals surface area contributed by atoms with Crippen LogP contribution in [0.1, 0.15) is 41.0 Å². The van der Waals surface area contributed by atoms with E-state index in [0.717, 1.165) is 18.7 Å². The molecule has 0 bridgehead atoms. The van der Waals surface area contributed by atoms with Crippen molar-refractivity contribution >= 4 is 5.71 Å². The first kappa shape index (κ1) is 12.2. The van der Waals surface area contributed by atoms with Gasteiger partial charge in [-0.25, -0.2) is 0 Å². The molecule has 76 valence electrons. The molecule has 1 unspecified atom stereocenters. The lowest BCUT2D eigenvalue weighted by molar-refractivity contribution is 0.596. The van der Waals surface area contributed by atoms with Crippen LogP contribution in [-0.2, 0) is 0 Å². The number of rotatable bonds is 5. The number of allylic oxidation sites excluding steroid dienone is 2. The summed E-state index contributed by atoms with van der Waals surface area (Å²) in [5.41, 5.74) is 2.29. The largest absolute Gasteiger partial charge is 0.386 e. The van der Waals surface area contributed by atoms with Crippen molar-refractivity contribution in [2.24, 2.45) is 4.99 Å². The topological polar surface area (TPSA) is 24.4 Å². The van der Waals surface area contributed by atoms with Gasteiger partial charge in [-0.15, -0.1) is 0 Å². The van der Waals surface area contributed by atoms with Crippen LogP contribution < -0.4 is 5.32 Å². The van der Waals surface area contributed by atoms with E-state index in [1.807, 2.05) is 6.92 Å². The Balaban J connectivity index is 4.08. The van der Waals surface area contributed by atoms with Crippen molar-refractivity contribution in [3.05, 3.63) is 11.8 Å². The van der Waals surface area contributed by atoms with Crippen LogP contribution in [0.2, 0.25) is 0 Å². The number of hydrogen-bond donors (Lipinski definition) is 1. The summed E-state index contributed by atoms with van der Waals surface area (Å²) in [6.45, 7) is 11.4.